The Labute approximate surface area is 130 Å². The summed E-state index contributed by atoms with van der Waals surface area (Å²) in [6, 6.07) is 9.62. The summed E-state index contributed by atoms with van der Waals surface area (Å²) in [6.45, 7) is 1.02. The Kier molecular flexibility index (Phi) is 4.43. The molecule has 1 aromatic carbocycles. The molecule has 1 saturated heterocycles. The fraction of sp³-hybridized carbons (Fsp3) is 0.529. The molecule has 2 fully saturated rings. The lowest BCUT2D eigenvalue weighted by Gasteiger charge is -2.15. The molecule has 0 bridgehead atoms. The Morgan fingerprint density at radius 1 is 1.27 bits per heavy atom. The molecule has 22 heavy (non-hydrogen) atoms. The van der Waals surface area contributed by atoms with Gasteiger partial charge in [0.2, 0.25) is 0 Å². The van der Waals surface area contributed by atoms with Crippen molar-refractivity contribution < 1.29 is 19.1 Å². The summed E-state index contributed by atoms with van der Waals surface area (Å²) in [5, 5.41) is 2.75. The van der Waals surface area contributed by atoms with Crippen molar-refractivity contribution in [2.45, 2.75) is 37.2 Å². The van der Waals surface area contributed by atoms with E-state index >= 15 is 0 Å². The van der Waals surface area contributed by atoms with Crippen LogP contribution in [0, 0.1) is 0 Å². The molecule has 2 aliphatic rings. The molecule has 1 heterocycles. The fourth-order valence-electron chi connectivity index (χ4n) is 2.85. The second kappa shape index (κ2) is 6.48. The lowest BCUT2D eigenvalue weighted by molar-refractivity contribution is -0.151. The van der Waals surface area contributed by atoms with Crippen molar-refractivity contribution in [2.75, 3.05) is 19.8 Å². The Morgan fingerprint density at radius 3 is 2.68 bits per heavy atom. The van der Waals surface area contributed by atoms with Gasteiger partial charge in [-0.1, -0.05) is 30.3 Å². The second-order valence-electron chi connectivity index (χ2n) is 5.96. The molecule has 0 aromatic heterocycles. The highest BCUT2D eigenvalue weighted by Crippen LogP contribution is 2.49. The topological polar surface area (TPSA) is 64.6 Å². The smallest absolute Gasteiger partial charge is 0.317 e. The predicted octanol–water partition coefficient (Wildman–Crippen LogP) is 1.56. The molecule has 1 saturated carbocycles. The van der Waals surface area contributed by atoms with Crippen molar-refractivity contribution in [1.82, 2.24) is 5.32 Å². The summed E-state index contributed by atoms with van der Waals surface area (Å²) in [7, 11) is 0. The molecule has 5 heteroatoms. The third kappa shape index (κ3) is 3.30. The minimum atomic E-state index is -0.532. The first-order valence-electron chi connectivity index (χ1n) is 7.82. The third-order valence-electron chi connectivity index (χ3n) is 4.35. The van der Waals surface area contributed by atoms with Gasteiger partial charge < -0.3 is 14.8 Å². The monoisotopic (exact) mass is 303 g/mol. The molecule has 0 spiro atoms. The van der Waals surface area contributed by atoms with Crippen LogP contribution in [0.5, 0.6) is 0 Å². The number of carbonyl (C=O) groups excluding carboxylic acids is 2. The Balaban J connectivity index is 1.45. The molecule has 5 nitrogen and oxygen atoms in total. The molecular formula is C17H21NO4. The largest absolute Gasteiger partial charge is 0.455 e. The normalized spacial score (nSPS) is 22.1. The van der Waals surface area contributed by atoms with Gasteiger partial charge in [0.05, 0.1) is 11.5 Å². The predicted molar refractivity (Wildman–Crippen MR) is 80.3 cm³/mol. The third-order valence-corrected chi connectivity index (χ3v) is 4.35. The summed E-state index contributed by atoms with van der Waals surface area (Å²) in [4.78, 5) is 24.0. The van der Waals surface area contributed by atoms with E-state index < -0.39 is 5.41 Å². The van der Waals surface area contributed by atoms with Gasteiger partial charge in [-0.25, -0.2) is 0 Å². The maximum atomic E-state index is 12.3. The van der Waals surface area contributed by atoms with Crippen molar-refractivity contribution in [2.24, 2.45) is 0 Å². The van der Waals surface area contributed by atoms with Crippen LogP contribution in [0.25, 0.3) is 0 Å². The van der Waals surface area contributed by atoms with Crippen molar-refractivity contribution in [3.05, 3.63) is 35.9 Å². The van der Waals surface area contributed by atoms with Gasteiger partial charge in [0.15, 0.2) is 6.61 Å². The minimum Gasteiger partial charge on any atom is -0.455 e. The number of rotatable bonds is 6. The van der Waals surface area contributed by atoms with Gasteiger partial charge in [0.1, 0.15) is 0 Å². The highest BCUT2D eigenvalue weighted by molar-refractivity contribution is 5.88. The highest BCUT2D eigenvalue weighted by atomic mass is 16.5. The quantitative estimate of drug-likeness (QED) is 0.810. The maximum absolute atomic E-state index is 12.3. The number of hydrogen-bond donors (Lipinski definition) is 1. The Hall–Kier alpha value is -1.88. The van der Waals surface area contributed by atoms with Gasteiger partial charge in [-0.15, -0.1) is 0 Å². The van der Waals surface area contributed by atoms with E-state index in [0.717, 1.165) is 37.9 Å². The summed E-state index contributed by atoms with van der Waals surface area (Å²) in [5.74, 6) is -0.571. The molecule has 0 radical (unpaired) electrons. The number of carbonyl (C=O) groups is 2. The molecule has 1 atom stereocenters. The van der Waals surface area contributed by atoms with E-state index in [2.05, 4.69) is 5.32 Å². The number of esters is 1. The van der Waals surface area contributed by atoms with Crippen LogP contribution in [0.1, 0.15) is 31.2 Å². The van der Waals surface area contributed by atoms with Crippen molar-refractivity contribution >= 4 is 11.9 Å². The number of amides is 1. The Morgan fingerprint density at radius 2 is 2.05 bits per heavy atom. The Bertz CT molecular complexity index is 533. The van der Waals surface area contributed by atoms with Crippen molar-refractivity contribution in [3.8, 4) is 0 Å². The molecule has 1 aliphatic carbocycles. The van der Waals surface area contributed by atoms with Crippen molar-refractivity contribution in [3.63, 3.8) is 0 Å². The zero-order chi connectivity index (χ0) is 15.4. The van der Waals surface area contributed by atoms with Gasteiger partial charge in [-0.3, -0.25) is 9.59 Å². The fourth-order valence-corrected chi connectivity index (χ4v) is 2.85. The molecular weight excluding hydrogens is 282 g/mol. The van der Waals surface area contributed by atoms with Crippen LogP contribution >= 0.6 is 0 Å². The van der Waals surface area contributed by atoms with E-state index in [1.807, 2.05) is 30.3 Å². The van der Waals surface area contributed by atoms with Crippen LogP contribution in [0.3, 0.4) is 0 Å². The van der Waals surface area contributed by atoms with E-state index in [0.29, 0.717) is 6.54 Å². The summed E-state index contributed by atoms with van der Waals surface area (Å²) < 4.78 is 10.6. The number of ether oxygens (including phenoxy) is 2. The number of benzene rings is 1. The first-order valence-corrected chi connectivity index (χ1v) is 7.82. The van der Waals surface area contributed by atoms with E-state index in [9.17, 15) is 9.59 Å². The average Bonchev–Trinajstić information content (AvgIpc) is 3.21. The van der Waals surface area contributed by atoms with Crippen molar-refractivity contribution in [1.29, 1.82) is 0 Å². The van der Waals surface area contributed by atoms with Crippen LogP contribution < -0.4 is 5.32 Å². The van der Waals surface area contributed by atoms with E-state index in [-0.39, 0.29) is 24.6 Å². The number of nitrogens with one attached hydrogen (secondary N) is 1. The summed E-state index contributed by atoms with van der Waals surface area (Å²) in [6.07, 6.45) is 3.67. The van der Waals surface area contributed by atoms with Gasteiger partial charge in [-0.05, 0) is 31.2 Å². The minimum absolute atomic E-state index is 0.0961. The zero-order valence-corrected chi connectivity index (χ0v) is 12.5. The first-order chi connectivity index (χ1) is 10.7. The average molecular weight is 303 g/mol. The molecule has 1 amide bonds. The lowest BCUT2D eigenvalue weighted by Crippen LogP contribution is -2.36. The van der Waals surface area contributed by atoms with Crippen LogP contribution in [0.4, 0.5) is 0 Å². The van der Waals surface area contributed by atoms with Gasteiger partial charge in [0, 0.05) is 13.2 Å². The molecule has 1 aliphatic heterocycles. The summed E-state index contributed by atoms with van der Waals surface area (Å²) >= 11 is 0. The second-order valence-corrected chi connectivity index (χ2v) is 5.96. The van der Waals surface area contributed by atoms with Crippen LogP contribution in [0.2, 0.25) is 0 Å². The van der Waals surface area contributed by atoms with E-state index in [1.165, 1.54) is 0 Å². The molecule has 1 aromatic rings. The molecule has 118 valence electrons. The summed E-state index contributed by atoms with van der Waals surface area (Å²) in [5.41, 5.74) is 0.440. The molecule has 3 rings (SSSR count). The first kappa shape index (κ1) is 15.0. The molecule has 1 N–H and O–H groups in total. The van der Waals surface area contributed by atoms with Gasteiger partial charge in [0.25, 0.3) is 5.91 Å². The number of hydrogen-bond acceptors (Lipinski definition) is 4. The van der Waals surface area contributed by atoms with Crippen LogP contribution in [0.15, 0.2) is 30.3 Å². The lowest BCUT2D eigenvalue weighted by atomic mass is 9.96. The van der Waals surface area contributed by atoms with Crippen LogP contribution in [-0.4, -0.2) is 37.7 Å². The zero-order valence-electron chi connectivity index (χ0n) is 12.5. The highest BCUT2D eigenvalue weighted by Gasteiger charge is 2.52. The molecule has 0 unspecified atom stereocenters. The van der Waals surface area contributed by atoms with Gasteiger partial charge in [-0.2, -0.15) is 0 Å². The van der Waals surface area contributed by atoms with E-state index in [1.54, 1.807) is 0 Å². The maximum Gasteiger partial charge on any atom is 0.317 e. The van der Waals surface area contributed by atoms with Gasteiger partial charge >= 0.3 is 5.97 Å². The SMILES string of the molecule is O=C(COC(=O)C1(c2ccccc2)CC1)NC[C@H]1CCCO1. The standard InChI is InChI=1S/C17H21NO4/c19-15(18-11-14-7-4-10-21-14)12-22-16(20)17(8-9-17)13-5-2-1-3-6-13/h1-3,5-6,14H,4,7-12H2,(H,18,19)/t14-/m1/s1. The van der Waals surface area contributed by atoms with E-state index in [4.69, 9.17) is 9.47 Å². The van der Waals surface area contributed by atoms with Crippen LogP contribution in [-0.2, 0) is 24.5 Å².